The number of carbonyl (C=O) groups is 1. The van der Waals surface area contributed by atoms with Crippen molar-refractivity contribution in [2.24, 2.45) is 0 Å². The van der Waals surface area contributed by atoms with Gasteiger partial charge in [0.1, 0.15) is 6.54 Å². The quantitative estimate of drug-likeness (QED) is 0.414. The van der Waals surface area contributed by atoms with Crippen LogP contribution in [0.4, 0.5) is 5.69 Å². The first-order valence-corrected chi connectivity index (χ1v) is 12.5. The van der Waals surface area contributed by atoms with Crippen LogP contribution in [0.2, 0.25) is 0 Å². The third-order valence-corrected chi connectivity index (χ3v) is 7.64. The molecule has 0 fully saturated rings. The highest BCUT2D eigenvalue weighted by atomic mass is 32.2. The number of hydrogen-bond acceptors (Lipinski definition) is 3. The maximum atomic E-state index is 13.4. The average molecular weight is 461 g/mol. The molecular formula is C27H28N2O3S. The molecule has 4 rings (SSSR count). The Hall–Kier alpha value is -3.38. The Kier molecular flexibility index (Phi) is 6.13. The third kappa shape index (κ3) is 4.71. The molecule has 0 aliphatic rings. The lowest BCUT2D eigenvalue weighted by Gasteiger charge is -2.13. The molecule has 6 heteroatoms. The van der Waals surface area contributed by atoms with Crippen molar-refractivity contribution in [3.8, 4) is 0 Å². The van der Waals surface area contributed by atoms with Crippen molar-refractivity contribution in [2.75, 3.05) is 5.32 Å². The summed E-state index contributed by atoms with van der Waals surface area (Å²) in [4.78, 5) is 13.2. The second kappa shape index (κ2) is 8.87. The molecule has 0 unspecified atom stereocenters. The molecule has 4 aromatic rings. The minimum atomic E-state index is -3.61. The van der Waals surface area contributed by atoms with Crippen LogP contribution >= 0.6 is 0 Å². The van der Waals surface area contributed by atoms with E-state index in [1.54, 1.807) is 16.8 Å². The first-order chi connectivity index (χ1) is 15.7. The van der Waals surface area contributed by atoms with Crippen molar-refractivity contribution >= 4 is 32.3 Å². The number of aromatic nitrogens is 1. The van der Waals surface area contributed by atoms with E-state index in [0.717, 1.165) is 33.5 Å². The molecule has 0 spiro atoms. The maximum Gasteiger partial charge on any atom is 0.244 e. The number of amides is 1. The Morgan fingerprint density at radius 2 is 1.52 bits per heavy atom. The number of sulfone groups is 1. The molecule has 1 heterocycles. The van der Waals surface area contributed by atoms with Crippen LogP contribution in [0, 0.1) is 27.7 Å². The van der Waals surface area contributed by atoms with Gasteiger partial charge in [0.2, 0.25) is 5.91 Å². The van der Waals surface area contributed by atoms with E-state index in [9.17, 15) is 13.2 Å². The van der Waals surface area contributed by atoms with Gasteiger partial charge >= 0.3 is 0 Å². The van der Waals surface area contributed by atoms with Crippen LogP contribution in [-0.2, 0) is 26.9 Å². The molecule has 0 atom stereocenters. The number of carbonyl (C=O) groups excluding carboxylic acids is 1. The lowest BCUT2D eigenvalue weighted by Crippen LogP contribution is -2.19. The summed E-state index contributed by atoms with van der Waals surface area (Å²) in [5.74, 6) is -0.282. The van der Waals surface area contributed by atoms with E-state index >= 15 is 0 Å². The monoisotopic (exact) mass is 460 g/mol. The number of nitrogens with zero attached hydrogens (tertiary/aromatic N) is 1. The minimum absolute atomic E-state index is 0.0210. The predicted molar refractivity (Wildman–Crippen MR) is 133 cm³/mol. The summed E-state index contributed by atoms with van der Waals surface area (Å²) in [7, 11) is -3.61. The van der Waals surface area contributed by atoms with Crippen molar-refractivity contribution in [3.05, 3.63) is 94.7 Å². The highest BCUT2D eigenvalue weighted by Gasteiger charge is 2.23. The number of hydrogen-bond donors (Lipinski definition) is 1. The number of anilines is 1. The lowest BCUT2D eigenvalue weighted by molar-refractivity contribution is -0.116. The zero-order valence-electron chi connectivity index (χ0n) is 19.3. The second-order valence-electron chi connectivity index (χ2n) is 8.65. The van der Waals surface area contributed by atoms with E-state index < -0.39 is 9.84 Å². The maximum absolute atomic E-state index is 13.4. The van der Waals surface area contributed by atoms with Gasteiger partial charge in [-0.1, -0.05) is 60.2 Å². The predicted octanol–water partition coefficient (Wildman–Crippen LogP) is 5.49. The topological polar surface area (TPSA) is 68.2 Å². The van der Waals surface area contributed by atoms with Crippen LogP contribution in [0.3, 0.4) is 0 Å². The zero-order valence-corrected chi connectivity index (χ0v) is 20.2. The van der Waals surface area contributed by atoms with Crippen molar-refractivity contribution in [1.82, 2.24) is 4.57 Å². The van der Waals surface area contributed by atoms with Crippen LogP contribution in [0.25, 0.3) is 10.9 Å². The van der Waals surface area contributed by atoms with Gasteiger partial charge in [-0.2, -0.15) is 0 Å². The first-order valence-electron chi connectivity index (χ1n) is 10.9. The number of aryl methyl sites for hydroxylation is 4. The summed E-state index contributed by atoms with van der Waals surface area (Å²) < 4.78 is 28.4. The fraction of sp³-hybridized carbons (Fsp3) is 0.222. The molecule has 3 aromatic carbocycles. The van der Waals surface area contributed by atoms with Crippen LogP contribution in [0.5, 0.6) is 0 Å². The van der Waals surface area contributed by atoms with Crippen LogP contribution < -0.4 is 5.32 Å². The standard InChI is InChI=1S/C27H28N2O3S/c1-18-13-20(3)27(21(4)14-18)28-26(30)16-29-15-25(23-11-7-8-12-24(23)29)33(31,32)17-22-10-6-5-9-19(22)2/h5-15H,16-17H2,1-4H3,(H,28,30). The minimum Gasteiger partial charge on any atom is -0.337 e. The van der Waals surface area contributed by atoms with Crippen molar-refractivity contribution in [1.29, 1.82) is 0 Å². The summed E-state index contributed by atoms with van der Waals surface area (Å²) in [6, 6.07) is 18.9. The van der Waals surface area contributed by atoms with Crippen LogP contribution in [0.15, 0.2) is 71.8 Å². The smallest absolute Gasteiger partial charge is 0.244 e. The molecule has 0 saturated carbocycles. The van der Waals surface area contributed by atoms with E-state index in [2.05, 4.69) is 5.32 Å². The summed E-state index contributed by atoms with van der Waals surface area (Å²) in [6.07, 6.45) is 1.59. The second-order valence-corrected chi connectivity index (χ2v) is 10.6. The normalized spacial score (nSPS) is 11.6. The molecule has 0 bridgehead atoms. The number of nitrogens with one attached hydrogen (secondary N) is 1. The summed E-state index contributed by atoms with van der Waals surface area (Å²) >= 11 is 0. The molecule has 0 aliphatic carbocycles. The molecule has 33 heavy (non-hydrogen) atoms. The van der Waals surface area contributed by atoms with Gasteiger partial charge in [-0.05, 0) is 56.0 Å². The van der Waals surface area contributed by atoms with Crippen molar-refractivity contribution < 1.29 is 13.2 Å². The molecule has 1 aromatic heterocycles. The number of fused-ring (bicyclic) bond motifs is 1. The van der Waals surface area contributed by atoms with E-state index in [0.29, 0.717) is 10.9 Å². The van der Waals surface area contributed by atoms with Gasteiger partial charge in [0, 0.05) is 22.8 Å². The number of para-hydroxylation sites is 1. The summed E-state index contributed by atoms with van der Waals surface area (Å²) in [5.41, 5.74) is 6.37. The van der Waals surface area contributed by atoms with Gasteiger partial charge in [-0.3, -0.25) is 4.79 Å². The first kappa shape index (κ1) is 22.8. The Labute approximate surface area is 195 Å². The van der Waals surface area contributed by atoms with E-state index in [4.69, 9.17) is 0 Å². The van der Waals surface area contributed by atoms with E-state index in [1.165, 1.54) is 0 Å². The lowest BCUT2D eigenvalue weighted by atomic mass is 10.1. The highest BCUT2D eigenvalue weighted by molar-refractivity contribution is 7.90. The van der Waals surface area contributed by atoms with Gasteiger partial charge in [0.05, 0.1) is 10.6 Å². The van der Waals surface area contributed by atoms with Gasteiger partial charge in [-0.15, -0.1) is 0 Å². The SMILES string of the molecule is Cc1cc(C)c(NC(=O)Cn2cc(S(=O)(=O)Cc3ccccc3C)c3ccccc32)c(C)c1. The van der Waals surface area contributed by atoms with Gasteiger partial charge < -0.3 is 9.88 Å². The molecule has 0 aliphatic heterocycles. The van der Waals surface area contributed by atoms with Crippen molar-refractivity contribution in [3.63, 3.8) is 0 Å². The van der Waals surface area contributed by atoms with Gasteiger partial charge in [-0.25, -0.2) is 8.42 Å². The molecule has 5 nitrogen and oxygen atoms in total. The Balaban J connectivity index is 1.66. The average Bonchev–Trinajstić information content (AvgIpc) is 3.12. The third-order valence-electron chi connectivity index (χ3n) is 5.95. The summed E-state index contributed by atoms with van der Waals surface area (Å²) in [5, 5.41) is 3.63. The van der Waals surface area contributed by atoms with Crippen LogP contribution in [-0.4, -0.2) is 18.9 Å². The highest BCUT2D eigenvalue weighted by Crippen LogP contribution is 2.29. The Morgan fingerprint density at radius 1 is 0.879 bits per heavy atom. The fourth-order valence-corrected chi connectivity index (χ4v) is 6.04. The zero-order chi connectivity index (χ0) is 23.8. The molecule has 1 N–H and O–H groups in total. The van der Waals surface area contributed by atoms with E-state index in [-0.39, 0.29) is 23.1 Å². The van der Waals surface area contributed by atoms with Gasteiger partial charge in [0.15, 0.2) is 9.84 Å². The fourth-order valence-electron chi connectivity index (χ4n) is 4.36. The molecule has 0 saturated heterocycles. The Bertz CT molecular complexity index is 1440. The van der Waals surface area contributed by atoms with E-state index in [1.807, 2.05) is 82.3 Å². The Morgan fingerprint density at radius 3 is 2.21 bits per heavy atom. The van der Waals surface area contributed by atoms with Crippen molar-refractivity contribution in [2.45, 2.75) is 44.9 Å². The largest absolute Gasteiger partial charge is 0.337 e. The molecular weight excluding hydrogens is 432 g/mol. The molecule has 1 amide bonds. The van der Waals surface area contributed by atoms with Crippen LogP contribution in [0.1, 0.15) is 27.8 Å². The molecule has 0 radical (unpaired) electrons. The number of rotatable bonds is 6. The summed E-state index contributed by atoms with van der Waals surface area (Å²) in [6.45, 7) is 7.89. The molecule has 170 valence electrons. The number of benzene rings is 3. The van der Waals surface area contributed by atoms with Gasteiger partial charge in [0.25, 0.3) is 0 Å².